The second-order valence-corrected chi connectivity index (χ2v) is 6.05. The van der Waals surface area contributed by atoms with Crippen LogP contribution < -0.4 is 5.73 Å². The summed E-state index contributed by atoms with van der Waals surface area (Å²) >= 11 is 5.48. The number of aryl methyl sites for hydroxylation is 1. The van der Waals surface area contributed by atoms with Gasteiger partial charge in [0.1, 0.15) is 0 Å². The van der Waals surface area contributed by atoms with Gasteiger partial charge in [0.2, 0.25) is 0 Å². The van der Waals surface area contributed by atoms with Gasteiger partial charge in [-0.15, -0.1) is 0 Å². The fourth-order valence-electron chi connectivity index (χ4n) is 2.31. The van der Waals surface area contributed by atoms with E-state index in [4.69, 9.17) is 5.73 Å². The largest absolute Gasteiger partial charge is 0.366 e. The Balaban J connectivity index is 2.39. The van der Waals surface area contributed by atoms with Crippen LogP contribution in [0.1, 0.15) is 21.6 Å². The molecule has 0 radical (unpaired) electrons. The molecular formula is C12H11BrN2OS. The molecule has 0 bridgehead atoms. The number of fused-ring (bicyclic) bond motifs is 3. The minimum absolute atomic E-state index is 0.381. The van der Waals surface area contributed by atoms with Gasteiger partial charge in [-0.25, -0.2) is 0 Å². The average molecular weight is 311 g/mol. The van der Waals surface area contributed by atoms with Crippen molar-refractivity contribution in [1.29, 1.82) is 0 Å². The lowest BCUT2D eigenvalue weighted by Gasteiger charge is -2.10. The molecule has 3 nitrogen and oxygen atoms in total. The van der Waals surface area contributed by atoms with Gasteiger partial charge in [-0.3, -0.25) is 4.79 Å². The standard InChI is InChI=1S/C12H11BrN2OS/c13-8-2-1-6(12(14)16)11-10(8)7-5-17-4-3-9(7)15-11/h1-2,15H,3-5H2,(H2,14,16). The van der Waals surface area contributed by atoms with Crippen molar-refractivity contribution in [2.24, 2.45) is 5.73 Å². The highest BCUT2D eigenvalue weighted by Crippen LogP contribution is 2.36. The quantitative estimate of drug-likeness (QED) is 0.851. The highest BCUT2D eigenvalue weighted by Gasteiger charge is 2.20. The van der Waals surface area contributed by atoms with Crippen LogP contribution in [0, 0.1) is 0 Å². The summed E-state index contributed by atoms with van der Waals surface area (Å²) < 4.78 is 1.03. The molecule has 2 aromatic rings. The highest BCUT2D eigenvalue weighted by atomic mass is 79.9. The number of carbonyl (C=O) groups excluding carboxylic acids is 1. The summed E-state index contributed by atoms with van der Waals surface area (Å²) in [5, 5.41) is 1.11. The van der Waals surface area contributed by atoms with Crippen LogP contribution in [-0.2, 0) is 12.2 Å². The minimum atomic E-state index is -0.381. The summed E-state index contributed by atoms with van der Waals surface area (Å²) in [5.41, 5.74) is 9.41. The molecule has 0 aliphatic carbocycles. The molecule has 1 aromatic carbocycles. The van der Waals surface area contributed by atoms with Gasteiger partial charge in [-0.2, -0.15) is 11.8 Å². The van der Waals surface area contributed by atoms with E-state index in [-0.39, 0.29) is 5.91 Å². The van der Waals surface area contributed by atoms with Crippen molar-refractivity contribution in [2.75, 3.05) is 5.75 Å². The number of aromatic nitrogens is 1. The van der Waals surface area contributed by atoms with E-state index in [0.29, 0.717) is 5.56 Å². The molecule has 5 heteroatoms. The van der Waals surface area contributed by atoms with Crippen LogP contribution in [0.25, 0.3) is 10.9 Å². The number of benzene rings is 1. The molecule has 1 aromatic heterocycles. The number of rotatable bonds is 1. The molecule has 0 fully saturated rings. The molecule has 1 aliphatic rings. The van der Waals surface area contributed by atoms with Gasteiger partial charge in [0.05, 0.1) is 11.1 Å². The first kappa shape index (κ1) is 11.2. The van der Waals surface area contributed by atoms with Gasteiger partial charge in [0, 0.05) is 21.3 Å². The molecule has 1 aliphatic heterocycles. The van der Waals surface area contributed by atoms with Crippen molar-refractivity contribution in [2.45, 2.75) is 12.2 Å². The van der Waals surface area contributed by atoms with E-state index in [9.17, 15) is 4.79 Å². The van der Waals surface area contributed by atoms with Crippen molar-refractivity contribution in [3.63, 3.8) is 0 Å². The molecule has 1 amide bonds. The molecule has 88 valence electrons. The normalized spacial score (nSPS) is 14.9. The van der Waals surface area contributed by atoms with Crippen molar-refractivity contribution in [3.05, 3.63) is 33.4 Å². The number of H-pyrrole nitrogens is 1. The second-order valence-electron chi connectivity index (χ2n) is 4.09. The van der Waals surface area contributed by atoms with Crippen LogP contribution in [0.5, 0.6) is 0 Å². The predicted octanol–water partition coefficient (Wildman–Crippen LogP) is 2.82. The van der Waals surface area contributed by atoms with Gasteiger partial charge in [0.15, 0.2) is 0 Å². The first-order chi connectivity index (χ1) is 8.18. The van der Waals surface area contributed by atoms with Crippen LogP contribution in [0.2, 0.25) is 0 Å². The van der Waals surface area contributed by atoms with E-state index in [1.165, 1.54) is 11.3 Å². The lowest BCUT2D eigenvalue weighted by atomic mass is 10.1. The van der Waals surface area contributed by atoms with Crippen molar-refractivity contribution >= 4 is 44.5 Å². The van der Waals surface area contributed by atoms with E-state index >= 15 is 0 Å². The summed E-state index contributed by atoms with van der Waals surface area (Å²) in [6.45, 7) is 0. The Hall–Kier alpha value is -0.940. The topological polar surface area (TPSA) is 58.9 Å². The second kappa shape index (κ2) is 4.07. The summed E-state index contributed by atoms with van der Waals surface area (Å²) in [6, 6.07) is 3.67. The molecule has 0 unspecified atom stereocenters. The summed E-state index contributed by atoms with van der Waals surface area (Å²) in [4.78, 5) is 14.8. The van der Waals surface area contributed by atoms with E-state index in [1.54, 1.807) is 6.07 Å². The number of primary amides is 1. The number of hydrogen-bond donors (Lipinski definition) is 2. The number of nitrogens with two attached hydrogens (primary N) is 1. The van der Waals surface area contributed by atoms with Gasteiger partial charge < -0.3 is 10.7 Å². The Labute approximate surface area is 111 Å². The van der Waals surface area contributed by atoms with Crippen molar-refractivity contribution in [1.82, 2.24) is 4.98 Å². The minimum Gasteiger partial charge on any atom is -0.366 e. The van der Waals surface area contributed by atoms with Crippen molar-refractivity contribution < 1.29 is 4.79 Å². The third-order valence-corrected chi connectivity index (χ3v) is 4.75. The molecule has 2 heterocycles. The van der Waals surface area contributed by atoms with Crippen LogP contribution in [0.15, 0.2) is 16.6 Å². The maximum Gasteiger partial charge on any atom is 0.250 e. The maximum absolute atomic E-state index is 11.4. The van der Waals surface area contributed by atoms with E-state index in [0.717, 1.165) is 33.3 Å². The predicted molar refractivity (Wildman–Crippen MR) is 74.4 cm³/mol. The van der Waals surface area contributed by atoms with Gasteiger partial charge in [-0.1, -0.05) is 15.9 Å². The Morgan fingerprint density at radius 3 is 3.06 bits per heavy atom. The number of nitrogens with one attached hydrogen (secondary N) is 1. The smallest absolute Gasteiger partial charge is 0.250 e. The number of aromatic amines is 1. The third kappa shape index (κ3) is 1.68. The van der Waals surface area contributed by atoms with Crippen LogP contribution >= 0.6 is 27.7 Å². The molecular weight excluding hydrogens is 300 g/mol. The Bertz CT molecular complexity index is 620. The summed E-state index contributed by atoms with van der Waals surface area (Å²) in [5.74, 6) is 1.74. The molecule has 3 N–H and O–H groups in total. The van der Waals surface area contributed by atoms with Gasteiger partial charge in [0.25, 0.3) is 5.91 Å². The average Bonchev–Trinajstić information content (AvgIpc) is 2.68. The van der Waals surface area contributed by atoms with Gasteiger partial charge >= 0.3 is 0 Å². The molecule has 0 atom stereocenters. The molecule has 0 saturated carbocycles. The number of halogens is 1. The lowest BCUT2D eigenvalue weighted by molar-refractivity contribution is 0.100. The monoisotopic (exact) mass is 310 g/mol. The first-order valence-electron chi connectivity index (χ1n) is 5.38. The molecule has 0 spiro atoms. The Morgan fingerprint density at radius 1 is 1.47 bits per heavy atom. The van der Waals surface area contributed by atoms with Gasteiger partial charge in [-0.05, 0) is 29.9 Å². The van der Waals surface area contributed by atoms with Crippen LogP contribution in [0.3, 0.4) is 0 Å². The third-order valence-electron chi connectivity index (χ3n) is 3.10. The van der Waals surface area contributed by atoms with E-state index in [1.807, 2.05) is 17.8 Å². The number of thioether (sulfide) groups is 1. The number of amides is 1. The van der Waals surface area contributed by atoms with Crippen molar-refractivity contribution in [3.8, 4) is 0 Å². The molecule has 0 saturated heterocycles. The van der Waals surface area contributed by atoms with Crippen LogP contribution in [0.4, 0.5) is 0 Å². The van der Waals surface area contributed by atoms with Crippen LogP contribution in [-0.4, -0.2) is 16.6 Å². The highest BCUT2D eigenvalue weighted by molar-refractivity contribution is 9.10. The maximum atomic E-state index is 11.4. The fraction of sp³-hybridized carbons (Fsp3) is 0.250. The zero-order valence-corrected chi connectivity index (χ0v) is 11.5. The Kier molecular flexibility index (Phi) is 2.67. The zero-order valence-electron chi connectivity index (χ0n) is 9.05. The van der Waals surface area contributed by atoms with E-state index < -0.39 is 0 Å². The zero-order chi connectivity index (χ0) is 12.0. The molecule has 3 rings (SSSR count). The summed E-state index contributed by atoms with van der Waals surface area (Å²) in [6.07, 6.45) is 1.03. The number of carbonyl (C=O) groups is 1. The molecule has 17 heavy (non-hydrogen) atoms. The lowest BCUT2D eigenvalue weighted by Crippen LogP contribution is -2.11. The first-order valence-corrected chi connectivity index (χ1v) is 7.32. The Morgan fingerprint density at radius 2 is 2.29 bits per heavy atom. The fourth-order valence-corrected chi connectivity index (χ4v) is 3.89. The SMILES string of the molecule is NC(=O)c1ccc(Br)c2c3c([nH]c12)CCSC3. The number of hydrogen-bond acceptors (Lipinski definition) is 2. The van der Waals surface area contributed by atoms with E-state index in [2.05, 4.69) is 20.9 Å². The summed E-state index contributed by atoms with van der Waals surface area (Å²) in [7, 11) is 0.